The molecule has 0 bridgehead atoms. The fourth-order valence-corrected chi connectivity index (χ4v) is 1.82. The lowest BCUT2D eigenvalue weighted by atomic mass is 9.93. The van der Waals surface area contributed by atoms with Gasteiger partial charge in [-0.25, -0.2) is 9.97 Å². The topological polar surface area (TPSA) is 84.1 Å². The van der Waals surface area contributed by atoms with E-state index in [0.717, 1.165) is 25.7 Å². The summed E-state index contributed by atoms with van der Waals surface area (Å²) in [5.74, 6) is 0.616. The third-order valence-electron chi connectivity index (χ3n) is 2.70. The molecular weight excluding hydrogens is 192 g/mol. The predicted octanol–water partition coefficient (Wildman–Crippen LogP) is 0.774. The van der Waals surface area contributed by atoms with E-state index in [0.29, 0.717) is 17.7 Å². The van der Waals surface area contributed by atoms with E-state index in [2.05, 4.69) is 15.3 Å². The summed E-state index contributed by atoms with van der Waals surface area (Å²) in [5, 5.41) is 12.6. The molecule has 0 atom stereocenters. The van der Waals surface area contributed by atoms with Crippen molar-refractivity contribution in [3.05, 3.63) is 12.4 Å². The molecule has 1 heterocycles. The number of anilines is 2. The molecule has 5 nitrogen and oxygen atoms in total. The second kappa shape index (κ2) is 4.44. The van der Waals surface area contributed by atoms with Gasteiger partial charge >= 0.3 is 0 Å². The van der Waals surface area contributed by atoms with Crippen molar-refractivity contribution in [2.75, 3.05) is 11.1 Å². The highest BCUT2D eigenvalue weighted by atomic mass is 16.3. The quantitative estimate of drug-likeness (QED) is 0.668. The van der Waals surface area contributed by atoms with Crippen LogP contribution in [0.5, 0.6) is 0 Å². The Bertz CT molecular complexity index is 306. The summed E-state index contributed by atoms with van der Waals surface area (Å²) in [6, 6.07) is 0.372. The number of nitrogens with two attached hydrogens (primary N) is 1. The molecule has 0 radical (unpaired) electrons. The highest BCUT2D eigenvalue weighted by molar-refractivity contribution is 5.36. The Morgan fingerprint density at radius 2 is 1.80 bits per heavy atom. The number of nitrogens with zero attached hydrogens (tertiary/aromatic N) is 2. The Labute approximate surface area is 88.7 Å². The molecule has 1 aliphatic rings. The van der Waals surface area contributed by atoms with Crippen LogP contribution in [0.4, 0.5) is 11.6 Å². The minimum absolute atomic E-state index is 0.129. The maximum absolute atomic E-state index is 9.35. The number of rotatable bonds is 2. The summed E-state index contributed by atoms with van der Waals surface area (Å²) >= 11 is 0. The number of aliphatic hydroxyl groups excluding tert-OH is 1. The van der Waals surface area contributed by atoms with Gasteiger partial charge in [0.05, 0.1) is 24.2 Å². The Hall–Kier alpha value is -1.36. The van der Waals surface area contributed by atoms with Crippen LogP contribution in [0.25, 0.3) is 0 Å². The van der Waals surface area contributed by atoms with E-state index in [1.165, 1.54) is 0 Å². The van der Waals surface area contributed by atoms with Crippen LogP contribution in [0, 0.1) is 0 Å². The zero-order valence-electron chi connectivity index (χ0n) is 8.56. The second-order valence-corrected chi connectivity index (χ2v) is 3.99. The van der Waals surface area contributed by atoms with Gasteiger partial charge in [-0.1, -0.05) is 0 Å². The number of hydrogen-bond acceptors (Lipinski definition) is 5. The molecule has 4 N–H and O–H groups in total. The lowest BCUT2D eigenvalue weighted by molar-refractivity contribution is 0.126. The molecule has 0 saturated heterocycles. The summed E-state index contributed by atoms with van der Waals surface area (Å²) < 4.78 is 0. The highest BCUT2D eigenvalue weighted by Gasteiger charge is 2.19. The highest BCUT2D eigenvalue weighted by Crippen LogP contribution is 2.20. The first kappa shape index (κ1) is 10.2. The van der Waals surface area contributed by atoms with Gasteiger partial charge in [-0.05, 0) is 25.7 Å². The molecule has 0 spiro atoms. The average molecular weight is 208 g/mol. The van der Waals surface area contributed by atoms with Crippen LogP contribution in [-0.4, -0.2) is 27.2 Å². The number of nitrogens with one attached hydrogen (secondary N) is 1. The minimum Gasteiger partial charge on any atom is -0.396 e. The molecule has 1 saturated carbocycles. The summed E-state index contributed by atoms with van der Waals surface area (Å²) in [5.41, 5.74) is 6.06. The third-order valence-corrected chi connectivity index (χ3v) is 2.70. The first-order valence-corrected chi connectivity index (χ1v) is 5.26. The van der Waals surface area contributed by atoms with Crippen LogP contribution in [0.1, 0.15) is 25.7 Å². The normalized spacial score (nSPS) is 26.2. The van der Waals surface area contributed by atoms with E-state index in [9.17, 15) is 5.11 Å². The molecule has 0 unspecified atom stereocenters. The van der Waals surface area contributed by atoms with Crippen LogP contribution in [0.3, 0.4) is 0 Å². The number of aliphatic hydroxyl groups is 1. The molecule has 5 heteroatoms. The summed E-state index contributed by atoms with van der Waals surface area (Å²) in [4.78, 5) is 8.16. The average Bonchev–Trinajstić information content (AvgIpc) is 2.25. The van der Waals surface area contributed by atoms with Crippen LogP contribution in [0.2, 0.25) is 0 Å². The van der Waals surface area contributed by atoms with E-state index in [1.807, 2.05) is 0 Å². The van der Waals surface area contributed by atoms with E-state index in [1.54, 1.807) is 12.4 Å². The Kier molecular flexibility index (Phi) is 3.01. The van der Waals surface area contributed by atoms with Crippen molar-refractivity contribution in [2.45, 2.75) is 37.8 Å². The molecule has 15 heavy (non-hydrogen) atoms. The van der Waals surface area contributed by atoms with E-state index < -0.39 is 0 Å². The summed E-state index contributed by atoms with van der Waals surface area (Å²) in [7, 11) is 0. The van der Waals surface area contributed by atoms with Gasteiger partial charge in [0.2, 0.25) is 5.95 Å². The fourth-order valence-electron chi connectivity index (χ4n) is 1.82. The second-order valence-electron chi connectivity index (χ2n) is 3.99. The van der Waals surface area contributed by atoms with Gasteiger partial charge in [0.25, 0.3) is 0 Å². The molecule has 82 valence electrons. The van der Waals surface area contributed by atoms with E-state index in [4.69, 9.17) is 5.73 Å². The van der Waals surface area contributed by atoms with E-state index >= 15 is 0 Å². The molecule has 0 aliphatic heterocycles. The summed E-state index contributed by atoms with van der Waals surface area (Å²) in [6.07, 6.45) is 6.69. The van der Waals surface area contributed by atoms with E-state index in [-0.39, 0.29) is 6.10 Å². The first-order chi connectivity index (χ1) is 7.24. The zero-order valence-corrected chi connectivity index (χ0v) is 8.56. The molecular formula is C10H16N4O. The smallest absolute Gasteiger partial charge is 0.222 e. The Balaban J connectivity index is 1.89. The van der Waals surface area contributed by atoms with Crippen molar-refractivity contribution in [3.8, 4) is 0 Å². The SMILES string of the molecule is Nc1cnc(NC2CCC(O)CC2)nc1. The standard InChI is InChI=1S/C10H16N4O/c11-7-5-12-10(13-6-7)14-8-1-3-9(15)4-2-8/h5-6,8-9,15H,1-4,11H2,(H,12,13,14). The lowest BCUT2D eigenvalue weighted by Crippen LogP contribution is -2.28. The van der Waals surface area contributed by atoms with Crippen LogP contribution >= 0.6 is 0 Å². The lowest BCUT2D eigenvalue weighted by Gasteiger charge is -2.25. The van der Waals surface area contributed by atoms with Crippen molar-refractivity contribution in [3.63, 3.8) is 0 Å². The molecule has 2 rings (SSSR count). The van der Waals surface area contributed by atoms with Crippen LogP contribution in [0.15, 0.2) is 12.4 Å². The zero-order chi connectivity index (χ0) is 10.7. The molecule has 1 fully saturated rings. The first-order valence-electron chi connectivity index (χ1n) is 5.26. The molecule has 1 aromatic heterocycles. The molecule has 0 amide bonds. The fraction of sp³-hybridized carbons (Fsp3) is 0.600. The van der Waals surface area contributed by atoms with Crippen molar-refractivity contribution in [1.82, 2.24) is 9.97 Å². The van der Waals surface area contributed by atoms with Crippen LogP contribution < -0.4 is 11.1 Å². The van der Waals surface area contributed by atoms with Gasteiger partial charge in [0.1, 0.15) is 0 Å². The van der Waals surface area contributed by atoms with Crippen molar-refractivity contribution >= 4 is 11.6 Å². The molecule has 1 aromatic rings. The third kappa shape index (κ3) is 2.79. The van der Waals surface area contributed by atoms with Crippen LogP contribution in [-0.2, 0) is 0 Å². The Morgan fingerprint density at radius 1 is 1.20 bits per heavy atom. The van der Waals surface area contributed by atoms with Gasteiger partial charge in [-0.2, -0.15) is 0 Å². The molecule has 0 aromatic carbocycles. The number of aromatic nitrogens is 2. The minimum atomic E-state index is -0.129. The van der Waals surface area contributed by atoms with Gasteiger partial charge in [0.15, 0.2) is 0 Å². The largest absolute Gasteiger partial charge is 0.396 e. The predicted molar refractivity (Wildman–Crippen MR) is 58.3 cm³/mol. The van der Waals surface area contributed by atoms with Gasteiger partial charge < -0.3 is 16.2 Å². The molecule has 1 aliphatic carbocycles. The number of nitrogen functional groups attached to an aromatic ring is 1. The van der Waals surface area contributed by atoms with Gasteiger partial charge in [-0.15, -0.1) is 0 Å². The maximum atomic E-state index is 9.35. The monoisotopic (exact) mass is 208 g/mol. The van der Waals surface area contributed by atoms with Gasteiger partial charge in [-0.3, -0.25) is 0 Å². The Morgan fingerprint density at radius 3 is 2.40 bits per heavy atom. The number of hydrogen-bond donors (Lipinski definition) is 3. The van der Waals surface area contributed by atoms with Crippen molar-refractivity contribution in [2.24, 2.45) is 0 Å². The summed E-state index contributed by atoms with van der Waals surface area (Å²) in [6.45, 7) is 0. The van der Waals surface area contributed by atoms with Crippen molar-refractivity contribution in [1.29, 1.82) is 0 Å². The van der Waals surface area contributed by atoms with Gasteiger partial charge in [0, 0.05) is 6.04 Å². The van der Waals surface area contributed by atoms with Crippen molar-refractivity contribution < 1.29 is 5.11 Å². The maximum Gasteiger partial charge on any atom is 0.222 e.